The van der Waals surface area contributed by atoms with E-state index >= 15 is 0 Å². The zero-order valence-corrected chi connectivity index (χ0v) is 18.9. The van der Waals surface area contributed by atoms with E-state index in [2.05, 4.69) is 22.4 Å². The molecule has 0 radical (unpaired) electrons. The van der Waals surface area contributed by atoms with Crippen molar-refractivity contribution >= 4 is 51.5 Å². The molecule has 160 valence electrons. The van der Waals surface area contributed by atoms with Crippen LogP contribution < -0.4 is 5.32 Å². The van der Waals surface area contributed by atoms with Crippen molar-refractivity contribution in [3.05, 3.63) is 93.8 Å². The predicted octanol–water partition coefficient (Wildman–Crippen LogP) is 6.58. The summed E-state index contributed by atoms with van der Waals surface area (Å²) in [5.41, 5.74) is 4.07. The van der Waals surface area contributed by atoms with Crippen LogP contribution in [0.3, 0.4) is 0 Å². The monoisotopic (exact) mass is 482 g/mol. The second-order valence-corrected chi connectivity index (χ2v) is 8.43. The van der Waals surface area contributed by atoms with E-state index in [0.717, 1.165) is 22.4 Å². The van der Waals surface area contributed by atoms with Crippen molar-refractivity contribution < 1.29 is 14.3 Å². The highest BCUT2D eigenvalue weighted by atomic mass is 35.5. The van der Waals surface area contributed by atoms with Crippen molar-refractivity contribution in [3.63, 3.8) is 0 Å². The molecule has 0 aliphatic carbocycles. The zero-order valence-electron chi connectivity index (χ0n) is 16.5. The molecule has 1 heterocycles. The Morgan fingerprint density at radius 2 is 1.59 bits per heavy atom. The summed E-state index contributed by atoms with van der Waals surface area (Å²) in [7, 11) is 0. The van der Waals surface area contributed by atoms with Gasteiger partial charge >= 0.3 is 5.97 Å². The molecule has 1 aromatic heterocycles. The van der Waals surface area contributed by atoms with E-state index in [1.54, 1.807) is 0 Å². The van der Waals surface area contributed by atoms with Crippen LogP contribution in [0.2, 0.25) is 10.0 Å². The van der Waals surface area contributed by atoms with Gasteiger partial charge in [0.15, 0.2) is 11.7 Å². The van der Waals surface area contributed by atoms with Gasteiger partial charge in [-0.15, -0.1) is 11.3 Å². The number of thiazole rings is 1. The highest BCUT2D eigenvalue weighted by Gasteiger charge is 2.15. The number of ether oxygens (including phenoxy) is 1. The molecule has 3 aromatic carbocycles. The number of nitrogens with zero attached hydrogens (tertiary/aromatic N) is 1. The minimum atomic E-state index is -0.708. The second-order valence-electron chi connectivity index (χ2n) is 6.73. The maximum atomic E-state index is 12.2. The van der Waals surface area contributed by atoms with Crippen molar-refractivity contribution in [2.24, 2.45) is 0 Å². The number of anilines is 1. The van der Waals surface area contributed by atoms with Crippen LogP contribution >= 0.6 is 34.5 Å². The lowest BCUT2D eigenvalue weighted by Crippen LogP contribution is -2.21. The van der Waals surface area contributed by atoms with E-state index in [-0.39, 0.29) is 10.6 Å². The molecule has 0 spiro atoms. The number of hydrogen-bond acceptors (Lipinski definition) is 5. The maximum Gasteiger partial charge on any atom is 0.340 e. The third-order valence-electron chi connectivity index (χ3n) is 4.52. The Hall–Kier alpha value is -3.19. The summed E-state index contributed by atoms with van der Waals surface area (Å²) in [6.45, 7) is -0.460. The number of carbonyl (C=O) groups excluding carboxylic acids is 2. The van der Waals surface area contributed by atoms with Gasteiger partial charge in [-0.2, -0.15) is 0 Å². The van der Waals surface area contributed by atoms with Gasteiger partial charge in [-0.25, -0.2) is 9.78 Å². The Kier molecular flexibility index (Phi) is 6.85. The molecule has 5 nitrogen and oxygen atoms in total. The third-order valence-corrected chi connectivity index (χ3v) is 5.83. The van der Waals surface area contributed by atoms with E-state index in [4.69, 9.17) is 27.9 Å². The average Bonchev–Trinajstić information content (AvgIpc) is 3.26. The molecular formula is C24H16Cl2N2O3S. The number of nitrogens with one attached hydrogen (secondary N) is 1. The molecule has 0 atom stereocenters. The maximum absolute atomic E-state index is 12.2. The molecule has 0 fully saturated rings. The largest absolute Gasteiger partial charge is 0.452 e. The Balaban J connectivity index is 1.34. The van der Waals surface area contributed by atoms with Crippen LogP contribution in [0.4, 0.5) is 5.13 Å². The van der Waals surface area contributed by atoms with E-state index < -0.39 is 18.5 Å². The average molecular weight is 483 g/mol. The van der Waals surface area contributed by atoms with Gasteiger partial charge in [-0.05, 0) is 29.3 Å². The molecule has 0 unspecified atom stereocenters. The SMILES string of the molecule is O=C(COC(=O)c1ccc(Cl)cc1Cl)Nc1nc(-c2ccc(-c3ccccc3)cc2)cs1. The first-order valence-electron chi connectivity index (χ1n) is 9.53. The summed E-state index contributed by atoms with van der Waals surface area (Å²) in [6.07, 6.45) is 0. The zero-order chi connectivity index (χ0) is 22.5. The van der Waals surface area contributed by atoms with Gasteiger partial charge in [0, 0.05) is 16.0 Å². The number of benzene rings is 3. The van der Waals surface area contributed by atoms with E-state index in [1.807, 2.05) is 47.8 Å². The summed E-state index contributed by atoms with van der Waals surface area (Å²) >= 11 is 13.1. The summed E-state index contributed by atoms with van der Waals surface area (Å²) in [5.74, 6) is -1.20. The van der Waals surface area contributed by atoms with Gasteiger partial charge in [0.2, 0.25) is 0 Å². The van der Waals surface area contributed by atoms with E-state index in [9.17, 15) is 9.59 Å². The first kappa shape index (κ1) is 22.0. The van der Waals surface area contributed by atoms with Gasteiger partial charge in [-0.1, -0.05) is 77.8 Å². The molecule has 4 rings (SSSR count). The molecule has 0 bridgehead atoms. The van der Waals surface area contributed by atoms with Crippen LogP contribution in [0, 0.1) is 0 Å². The molecule has 8 heteroatoms. The number of aromatic nitrogens is 1. The molecule has 1 amide bonds. The molecular weight excluding hydrogens is 467 g/mol. The normalized spacial score (nSPS) is 10.6. The molecule has 0 saturated carbocycles. The van der Waals surface area contributed by atoms with E-state index in [0.29, 0.717) is 10.2 Å². The summed E-state index contributed by atoms with van der Waals surface area (Å²) < 4.78 is 5.03. The second kappa shape index (κ2) is 9.96. The Bertz CT molecular complexity index is 1260. The fourth-order valence-corrected chi connectivity index (χ4v) is 4.17. The van der Waals surface area contributed by atoms with Gasteiger partial charge in [0.1, 0.15) is 0 Å². The van der Waals surface area contributed by atoms with Crippen LogP contribution in [0.25, 0.3) is 22.4 Å². The van der Waals surface area contributed by atoms with Crippen molar-refractivity contribution in [1.29, 1.82) is 0 Å². The number of rotatable bonds is 6. The highest BCUT2D eigenvalue weighted by Crippen LogP contribution is 2.28. The number of halogens is 2. The fraction of sp³-hybridized carbons (Fsp3) is 0.0417. The van der Waals surface area contributed by atoms with Crippen molar-refractivity contribution in [3.8, 4) is 22.4 Å². The predicted molar refractivity (Wildman–Crippen MR) is 128 cm³/mol. The van der Waals surface area contributed by atoms with Gasteiger partial charge in [-0.3, -0.25) is 10.1 Å². The van der Waals surface area contributed by atoms with Gasteiger partial charge in [0.25, 0.3) is 5.91 Å². The summed E-state index contributed by atoms with van der Waals surface area (Å²) in [6, 6.07) is 22.5. The molecule has 0 aliphatic rings. The topological polar surface area (TPSA) is 68.3 Å². The Morgan fingerprint density at radius 1 is 0.906 bits per heavy atom. The number of esters is 1. The van der Waals surface area contributed by atoms with Crippen molar-refractivity contribution in [1.82, 2.24) is 4.98 Å². The van der Waals surface area contributed by atoms with Crippen LogP contribution in [0.1, 0.15) is 10.4 Å². The molecule has 4 aromatic rings. The van der Waals surface area contributed by atoms with Crippen LogP contribution in [0.15, 0.2) is 78.2 Å². The fourth-order valence-electron chi connectivity index (χ4n) is 2.95. The minimum Gasteiger partial charge on any atom is -0.452 e. The molecule has 0 aliphatic heterocycles. The summed E-state index contributed by atoms with van der Waals surface area (Å²) in [5, 5.41) is 5.46. The van der Waals surface area contributed by atoms with Crippen molar-refractivity contribution in [2.75, 3.05) is 11.9 Å². The lowest BCUT2D eigenvalue weighted by Gasteiger charge is -2.06. The van der Waals surface area contributed by atoms with E-state index in [1.165, 1.54) is 29.5 Å². The van der Waals surface area contributed by atoms with Crippen LogP contribution in [-0.4, -0.2) is 23.5 Å². The highest BCUT2D eigenvalue weighted by molar-refractivity contribution is 7.14. The third kappa shape index (κ3) is 5.34. The van der Waals surface area contributed by atoms with Gasteiger partial charge < -0.3 is 4.74 Å². The quantitative estimate of drug-likeness (QED) is 0.315. The molecule has 0 saturated heterocycles. The Labute approximate surface area is 198 Å². The van der Waals surface area contributed by atoms with Crippen molar-refractivity contribution in [2.45, 2.75) is 0 Å². The summed E-state index contributed by atoms with van der Waals surface area (Å²) in [4.78, 5) is 28.7. The lowest BCUT2D eigenvalue weighted by molar-refractivity contribution is -0.119. The first-order chi connectivity index (χ1) is 15.5. The molecule has 32 heavy (non-hydrogen) atoms. The standard InChI is InChI=1S/C24H16Cl2N2O3S/c25-18-10-11-19(20(26)12-18)23(30)31-13-22(29)28-24-27-21(14-32-24)17-8-6-16(7-9-17)15-4-2-1-3-5-15/h1-12,14H,13H2,(H,27,28,29). The number of amides is 1. The van der Waals surface area contributed by atoms with Crippen LogP contribution in [-0.2, 0) is 9.53 Å². The van der Waals surface area contributed by atoms with Gasteiger partial charge in [0.05, 0.1) is 16.3 Å². The van der Waals surface area contributed by atoms with Crippen LogP contribution in [0.5, 0.6) is 0 Å². The number of hydrogen-bond donors (Lipinski definition) is 1. The minimum absolute atomic E-state index is 0.138. The smallest absolute Gasteiger partial charge is 0.340 e. The first-order valence-corrected chi connectivity index (χ1v) is 11.2. The number of carbonyl (C=O) groups is 2. The molecule has 1 N–H and O–H groups in total. The lowest BCUT2D eigenvalue weighted by atomic mass is 10.0. The Morgan fingerprint density at radius 3 is 2.31 bits per heavy atom.